The first-order valence-corrected chi connectivity index (χ1v) is 10.5. The molecule has 1 aliphatic rings. The molecule has 1 aliphatic heterocycles. The van der Waals surface area contributed by atoms with Crippen LogP contribution in [-0.4, -0.2) is 56.0 Å². The van der Waals surface area contributed by atoms with Crippen LogP contribution in [0.1, 0.15) is 16.7 Å². The van der Waals surface area contributed by atoms with Crippen LogP contribution in [0.2, 0.25) is 0 Å². The Morgan fingerprint density at radius 1 is 1.23 bits per heavy atom. The van der Waals surface area contributed by atoms with E-state index in [0.717, 1.165) is 21.6 Å². The minimum Gasteiger partial charge on any atom is -0.494 e. The van der Waals surface area contributed by atoms with Crippen LogP contribution in [0.15, 0.2) is 35.7 Å². The molecule has 0 fully saturated rings. The molecule has 6 nitrogen and oxygen atoms in total. The van der Waals surface area contributed by atoms with Gasteiger partial charge in [-0.2, -0.15) is 13.2 Å². The molecule has 0 atom stereocenters. The van der Waals surface area contributed by atoms with Crippen LogP contribution in [0.25, 0.3) is 10.9 Å². The molecular weight excluding hydrogens is 417 g/mol. The van der Waals surface area contributed by atoms with E-state index < -0.39 is 12.1 Å². The molecule has 0 radical (unpaired) electrons. The van der Waals surface area contributed by atoms with E-state index in [0.29, 0.717) is 35.4 Å². The van der Waals surface area contributed by atoms with E-state index in [2.05, 4.69) is 9.97 Å². The van der Waals surface area contributed by atoms with E-state index in [1.165, 1.54) is 11.8 Å². The van der Waals surface area contributed by atoms with Crippen molar-refractivity contribution in [3.05, 3.63) is 47.3 Å². The van der Waals surface area contributed by atoms with Gasteiger partial charge >= 0.3 is 12.1 Å². The number of carbonyl (C=O) groups excluding carboxylic acids is 1. The van der Waals surface area contributed by atoms with Crippen LogP contribution in [-0.2, 0) is 24.2 Å². The predicted molar refractivity (Wildman–Crippen MR) is 107 cm³/mol. The van der Waals surface area contributed by atoms with Crippen LogP contribution in [0.4, 0.5) is 13.2 Å². The first-order chi connectivity index (χ1) is 14.3. The number of amides is 1. The fourth-order valence-corrected chi connectivity index (χ4v) is 4.03. The Balaban J connectivity index is 1.55. The largest absolute Gasteiger partial charge is 0.494 e. The van der Waals surface area contributed by atoms with Crippen molar-refractivity contribution in [2.75, 3.05) is 19.3 Å². The van der Waals surface area contributed by atoms with Crippen molar-refractivity contribution in [3.63, 3.8) is 0 Å². The van der Waals surface area contributed by atoms with E-state index >= 15 is 0 Å². The van der Waals surface area contributed by atoms with Crippen LogP contribution in [0.5, 0.6) is 5.88 Å². The fraction of sp³-hybridized carbons (Fsp3) is 0.350. The summed E-state index contributed by atoms with van der Waals surface area (Å²) in [6.07, 6.45) is 1.09. The molecule has 0 saturated carbocycles. The van der Waals surface area contributed by atoms with Crippen LogP contribution < -0.4 is 0 Å². The number of alkyl halides is 3. The van der Waals surface area contributed by atoms with Crippen molar-refractivity contribution in [3.8, 4) is 5.88 Å². The van der Waals surface area contributed by atoms with Gasteiger partial charge in [-0.05, 0) is 35.8 Å². The zero-order valence-corrected chi connectivity index (χ0v) is 16.9. The lowest BCUT2D eigenvalue weighted by atomic mass is 10.00. The second-order valence-electron chi connectivity index (χ2n) is 7.13. The van der Waals surface area contributed by atoms with Crippen LogP contribution >= 0.6 is 11.8 Å². The first kappa shape index (κ1) is 20.5. The normalized spacial score (nSPS) is 14.6. The van der Waals surface area contributed by atoms with Crippen LogP contribution in [0.3, 0.4) is 0 Å². The smallest absolute Gasteiger partial charge is 0.471 e. The summed E-state index contributed by atoms with van der Waals surface area (Å²) in [4.78, 5) is 21.0. The van der Waals surface area contributed by atoms with Crippen molar-refractivity contribution in [2.45, 2.75) is 30.7 Å². The Labute approximate surface area is 174 Å². The molecule has 4 rings (SSSR count). The number of thioether (sulfide) groups is 1. The highest BCUT2D eigenvalue weighted by molar-refractivity contribution is 7.98. The van der Waals surface area contributed by atoms with Gasteiger partial charge in [-0.15, -0.1) is 0 Å². The van der Waals surface area contributed by atoms with E-state index in [1.807, 2.05) is 24.5 Å². The van der Waals surface area contributed by atoms with E-state index in [4.69, 9.17) is 0 Å². The number of fused-ring (bicyclic) bond motifs is 2. The molecule has 3 aromatic rings. The number of halogens is 3. The maximum absolute atomic E-state index is 12.7. The molecule has 30 heavy (non-hydrogen) atoms. The maximum atomic E-state index is 12.7. The third kappa shape index (κ3) is 3.96. The number of nitrogens with zero attached hydrogens (tertiary/aromatic N) is 4. The highest BCUT2D eigenvalue weighted by atomic mass is 32.2. The maximum Gasteiger partial charge on any atom is 0.471 e. The Hall–Kier alpha value is -2.75. The Bertz CT molecular complexity index is 1110. The van der Waals surface area contributed by atoms with Crippen molar-refractivity contribution >= 4 is 28.6 Å². The summed E-state index contributed by atoms with van der Waals surface area (Å²) in [7, 11) is 0. The number of aromatic nitrogens is 3. The molecule has 0 bridgehead atoms. The zero-order valence-electron chi connectivity index (χ0n) is 16.1. The molecule has 1 N–H and O–H groups in total. The van der Waals surface area contributed by atoms with Gasteiger partial charge in [0.05, 0.1) is 17.4 Å². The topological polar surface area (TPSA) is 71.2 Å². The molecule has 0 spiro atoms. The number of carbonyl (C=O) groups is 1. The second kappa shape index (κ2) is 7.82. The molecule has 10 heteroatoms. The zero-order chi connectivity index (χ0) is 21.5. The average molecular weight is 436 g/mol. The average Bonchev–Trinajstić information content (AvgIpc) is 2.88. The summed E-state index contributed by atoms with van der Waals surface area (Å²) >= 11 is 1.41. The number of hydrogen-bond acceptors (Lipinski definition) is 5. The highest BCUT2D eigenvalue weighted by Gasteiger charge is 2.42. The predicted octanol–water partition coefficient (Wildman–Crippen LogP) is 3.40. The number of aromatic hydroxyl groups is 1. The summed E-state index contributed by atoms with van der Waals surface area (Å²) in [5, 5.41) is 11.7. The summed E-state index contributed by atoms with van der Waals surface area (Å²) in [5.74, 6) is -1.72. The minimum atomic E-state index is -4.85. The van der Waals surface area contributed by atoms with Gasteiger partial charge in [0, 0.05) is 25.5 Å². The molecular formula is C20H19F3N4O2S. The number of benzene rings is 1. The Morgan fingerprint density at radius 2 is 1.97 bits per heavy atom. The molecule has 0 saturated heterocycles. The highest BCUT2D eigenvalue weighted by Crippen LogP contribution is 2.28. The summed E-state index contributed by atoms with van der Waals surface area (Å²) in [5.41, 5.74) is 3.40. The molecule has 0 unspecified atom stereocenters. The first-order valence-electron chi connectivity index (χ1n) is 9.32. The van der Waals surface area contributed by atoms with Gasteiger partial charge < -0.3 is 14.6 Å². The third-order valence-electron chi connectivity index (χ3n) is 5.23. The monoisotopic (exact) mass is 436 g/mol. The Kier molecular flexibility index (Phi) is 5.35. The van der Waals surface area contributed by atoms with Crippen LogP contribution in [0, 0.1) is 0 Å². The molecule has 1 aromatic carbocycles. The lowest BCUT2D eigenvalue weighted by Gasteiger charge is -2.21. The molecule has 158 valence electrons. The van der Waals surface area contributed by atoms with Crippen molar-refractivity contribution in [2.24, 2.45) is 0 Å². The third-order valence-corrected chi connectivity index (χ3v) is 5.79. The van der Waals surface area contributed by atoms with Crippen molar-refractivity contribution in [1.82, 2.24) is 19.4 Å². The number of rotatable bonds is 3. The Morgan fingerprint density at radius 3 is 2.67 bits per heavy atom. The van der Waals surface area contributed by atoms with E-state index in [1.54, 1.807) is 17.0 Å². The van der Waals surface area contributed by atoms with Gasteiger partial charge in [0.1, 0.15) is 0 Å². The molecule has 2 aromatic heterocycles. The van der Waals surface area contributed by atoms with Crippen molar-refractivity contribution < 1.29 is 23.1 Å². The molecule has 3 heterocycles. The van der Waals surface area contributed by atoms with Gasteiger partial charge in [-0.1, -0.05) is 30.0 Å². The van der Waals surface area contributed by atoms with Gasteiger partial charge in [0.2, 0.25) is 5.88 Å². The molecule has 0 aliphatic carbocycles. The second-order valence-corrected chi connectivity index (χ2v) is 7.90. The summed E-state index contributed by atoms with van der Waals surface area (Å²) in [6.45, 7) is 0.459. The minimum absolute atomic E-state index is 0.0283. The lowest BCUT2D eigenvalue weighted by Crippen LogP contribution is -2.42. The fourth-order valence-electron chi connectivity index (χ4n) is 3.69. The quantitative estimate of drug-likeness (QED) is 0.503. The number of hydrogen-bond donors (Lipinski definition) is 1. The SMILES string of the molecule is CSc1ncc2c(O)n(Cc3ccc4c(c3)CCN(C(=O)C(F)(F)F)CC4)cc2n1. The van der Waals surface area contributed by atoms with Crippen molar-refractivity contribution in [1.29, 1.82) is 0 Å². The lowest BCUT2D eigenvalue weighted by molar-refractivity contribution is -0.185. The summed E-state index contributed by atoms with van der Waals surface area (Å²) < 4.78 is 39.9. The standard InChI is InChI=1S/C20H19F3N4O2S/c1-30-19-24-9-15-16(25-19)11-27(17(15)28)10-12-2-3-13-4-6-26(7-5-14(13)8-12)18(29)20(21,22)23/h2-3,8-9,11,28H,4-7,10H2,1H3. The van der Waals surface area contributed by atoms with Gasteiger partial charge in [0.15, 0.2) is 5.16 Å². The van der Waals surface area contributed by atoms with Gasteiger partial charge in [-0.3, -0.25) is 4.79 Å². The van der Waals surface area contributed by atoms with Gasteiger partial charge in [-0.25, -0.2) is 9.97 Å². The van der Waals surface area contributed by atoms with E-state index in [9.17, 15) is 23.1 Å². The molecule has 1 amide bonds. The summed E-state index contributed by atoms with van der Waals surface area (Å²) in [6, 6.07) is 5.71. The van der Waals surface area contributed by atoms with Gasteiger partial charge in [0.25, 0.3) is 0 Å². The van der Waals surface area contributed by atoms with E-state index in [-0.39, 0.29) is 19.0 Å².